The molecule has 1 heterocycles. The number of hydrogen-bond acceptors (Lipinski definition) is 2. The zero-order chi connectivity index (χ0) is 15.7. The Hall–Kier alpha value is -2.29. The molecule has 0 radical (unpaired) electrons. The van der Waals surface area contributed by atoms with Crippen molar-refractivity contribution in [3.05, 3.63) is 102 Å². The molecule has 0 amide bonds. The van der Waals surface area contributed by atoms with Gasteiger partial charge in [-0.2, -0.15) is 12.1 Å². The number of hydrogen-bond donors (Lipinski definition) is 0. The zero-order valence-corrected chi connectivity index (χ0v) is 13.1. The first-order valence-corrected chi connectivity index (χ1v) is 7.96. The second-order valence-corrected chi connectivity index (χ2v) is 5.91. The van der Waals surface area contributed by atoms with E-state index in [2.05, 4.69) is 31.2 Å². The minimum atomic E-state index is -0.593. The van der Waals surface area contributed by atoms with Crippen LogP contribution in [0, 0.1) is 0 Å². The van der Waals surface area contributed by atoms with Crippen molar-refractivity contribution in [3.8, 4) is 0 Å². The molecule has 4 rings (SSSR count). The number of rotatable bonds is 3. The lowest BCUT2D eigenvalue weighted by Crippen LogP contribution is -2.36. The first-order valence-electron chi connectivity index (χ1n) is 7.96. The van der Waals surface area contributed by atoms with E-state index in [9.17, 15) is 0 Å². The van der Waals surface area contributed by atoms with Gasteiger partial charge in [0.2, 0.25) is 0 Å². The van der Waals surface area contributed by atoms with Gasteiger partial charge in [0, 0.05) is 0 Å². The van der Waals surface area contributed by atoms with E-state index in [-0.39, 0.29) is 12.4 Å². The Morgan fingerprint density at radius 3 is 1.96 bits per heavy atom. The second kappa shape index (κ2) is 5.73. The molecule has 23 heavy (non-hydrogen) atoms. The molecule has 1 fully saturated rings. The van der Waals surface area contributed by atoms with E-state index in [0.29, 0.717) is 0 Å². The van der Waals surface area contributed by atoms with Crippen molar-refractivity contribution in [2.24, 2.45) is 0 Å². The van der Waals surface area contributed by atoms with Crippen molar-refractivity contribution < 1.29 is 9.47 Å². The largest absolute Gasteiger partial charge is 0.344 e. The summed E-state index contributed by atoms with van der Waals surface area (Å²) in [5.41, 5.74) is 2.70. The molecule has 1 aliphatic rings. The van der Waals surface area contributed by atoms with Crippen molar-refractivity contribution in [2.45, 2.75) is 24.9 Å². The second-order valence-electron chi connectivity index (χ2n) is 5.91. The summed E-state index contributed by atoms with van der Waals surface area (Å²) in [6.45, 7) is 2.09. The molecule has 1 saturated heterocycles. The van der Waals surface area contributed by atoms with E-state index < -0.39 is 5.60 Å². The summed E-state index contributed by atoms with van der Waals surface area (Å²) in [4.78, 5) is 0. The van der Waals surface area contributed by atoms with Gasteiger partial charge in [-0.05, 0) is 18.1 Å². The molecule has 0 aromatic heterocycles. The quantitative estimate of drug-likeness (QED) is 0.648. The lowest BCUT2D eigenvalue weighted by molar-refractivity contribution is -0.0839. The Labute approximate surface area is 136 Å². The molecule has 0 spiro atoms. The van der Waals surface area contributed by atoms with Crippen molar-refractivity contribution >= 4 is 0 Å². The van der Waals surface area contributed by atoms with Crippen LogP contribution in [0.5, 0.6) is 0 Å². The predicted molar refractivity (Wildman–Crippen MR) is 90.1 cm³/mol. The van der Waals surface area contributed by atoms with Crippen LogP contribution in [0.2, 0.25) is 0 Å². The molecule has 3 aromatic carbocycles. The van der Waals surface area contributed by atoms with Crippen molar-refractivity contribution in [2.75, 3.05) is 0 Å². The van der Waals surface area contributed by atoms with Crippen LogP contribution in [-0.4, -0.2) is 6.10 Å². The fourth-order valence-corrected chi connectivity index (χ4v) is 3.41. The van der Waals surface area contributed by atoms with E-state index in [0.717, 1.165) is 16.7 Å². The van der Waals surface area contributed by atoms with E-state index in [4.69, 9.17) is 9.47 Å². The predicted octanol–water partition coefficient (Wildman–Crippen LogP) is 4.78. The zero-order valence-electron chi connectivity index (χ0n) is 13.1. The van der Waals surface area contributed by atoms with Gasteiger partial charge in [-0.3, -0.25) is 0 Å². The van der Waals surface area contributed by atoms with Gasteiger partial charge in [0.05, 0.1) is 6.10 Å². The molecule has 0 bridgehead atoms. The molecule has 2 atom stereocenters. The third-order valence-corrected chi connectivity index (χ3v) is 4.56. The summed E-state index contributed by atoms with van der Waals surface area (Å²) >= 11 is 0. The van der Waals surface area contributed by atoms with Gasteiger partial charge >= 0.3 is 0 Å². The Morgan fingerprint density at radius 2 is 1.43 bits per heavy atom. The Kier molecular flexibility index (Phi) is 3.56. The molecule has 3 aromatic rings. The molecule has 0 N–H and O–H groups in total. The van der Waals surface area contributed by atoms with Crippen LogP contribution in [-0.2, 0) is 15.1 Å². The summed E-state index contributed by atoms with van der Waals surface area (Å²) in [5.74, 6) is 0. The summed E-state index contributed by atoms with van der Waals surface area (Å²) in [5, 5.41) is 0. The van der Waals surface area contributed by atoms with Crippen molar-refractivity contribution in [3.63, 3.8) is 0 Å². The lowest BCUT2D eigenvalue weighted by atomic mass is 9.82. The number of benzene rings is 2. The monoisotopic (exact) mass is 303 g/mol. The summed E-state index contributed by atoms with van der Waals surface area (Å²) < 4.78 is 12.8. The van der Waals surface area contributed by atoms with Crippen LogP contribution in [0.3, 0.4) is 0 Å². The lowest BCUT2D eigenvalue weighted by Gasteiger charge is -2.32. The van der Waals surface area contributed by atoms with Crippen LogP contribution < -0.4 is 0 Å². The Balaban J connectivity index is 1.84. The summed E-state index contributed by atoms with van der Waals surface area (Å²) in [6, 6.07) is 28.8. The van der Waals surface area contributed by atoms with Gasteiger partial charge in [-0.15, -0.1) is 5.56 Å². The van der Waals surface area contributed by atoms with E-state index in [1.807, 2.05) is 60.7 Å². The molecule has 1 aliphatic heterocycles. The van der Waals surface area contributed by atoms with Crippen LogP contribution in [0.1, 0.15) is 29.9 Å². The standard InChI is InChI=1S/C21H19O2/c1-16-21(18-12-4-2-5-13-18,19-14-6-3-7-15-19)23-20(22-16)17-10-8-9-11-17/h2-16,20H,1H3/q-1/t16-,20-/m0/s1. The molecule has 0 unspecified atom stereocenters. The topological polar surface area (TPSA) is 18.5 Å². The van der Waals surface area contributed by atoms with Crippen LogP contribution >= 0.6 is 0 Å². The maximum Gasteiger partial charge on any atom is 0.163 e. The molecular formula is C21H19O2-. The Bertz CT molecular complexity index is 708. The highest BCUT2D eigenvalue weighted by atomic mass is 16.7. The first-order chi connectivity index (χ1) is 11.3. The van der Waals surface area contributed by atoms with Gasteiger partial charge in [-0.25, -0.2) is 12.1 Å². The average molecular weight is 303 g/mol. The molecule has 0 aliphatic carbocycles. The Morgan fingerprint density at radius 1 is 0.826 bits per heavy atom. The van der Waals surface area contributed by atoms with Crippen LogP contribution in [0.25, 0.3) is 0 Å². The maximum absolute atomic E-state index is 6.56. The molecule has 2 heteroatoms. The van der Waals surface area contributed by atoms with Crippen LogP contribution in [0.15, 0.2) is 84.9 Å². The third-order valence-electron chi connectivity index (χ3n) is 4.56. The molecule has 0 saturated carbocycles. The molecule has 2 nitrogen and oxygen atoms in total. The fourth-order valence-electron chi connectivity index (χ4n) is 3.41. The highest BCUT2D eigenvalue weighted by molar-refractivity contribution is 5.39. The fraction of sp³-hybridized carbons (Fsp3) is 0.190. The van der Waals surface area contributed by atoms with Crippen molar-refractivity contribution in [1.82, 2.24) is 0 Å². The highest BCUT2D eigenvalue weighted by Crippen LogP contribution is 2.48. The minimum absolute atomic E-state index is 0.0906. The SMILES string of the molecule is C[C@@H]1O[C@H](c2ccc[cH-]2)OC1(c1ccccc1)c1ccccc1. The van der Waals surface area contributed by atoms with E-state index >= 15 is 0 Å². The van der Waals surface area contributed by atoms with Gasteiger partial charge < -0.3 is 9.47 Å². The minimum Gasteiger partial charge on any atom is -0.344 e. The van der Waals surface area contributed by atoms with Gasteiger partial charge in [-0.1, -0.05) is 60.7 Å². The highest BCUT2D eigenvalue weighted by Gasteiger charge is 2.49. The smallest absolute Gasteiger partial charge is 0.163 e. The number of ether oxygens (including phenoxy) is 2. The van der Waals surface area contributed by atoms with Crippen LogP contribution in [0.4, 0.5) is 0 Å². The first kappa shape index (κ1) is 14.3. The van der Waals surface area contributed by atoms with Gasteiger partial charge in [0.1, 0.15) is 5.60 Å². The summed E-state index contributed by atoms with van der Waals surface area (Å²) in [6.07, 6.45) is -0.437. The molecule has 116 valence electrons. The molecular weight excluding hydrogens is 284 g/mol. The van der Waals surface area contributed by atoms with E-state index in [1.165, 1.54) is 0 Å². The van der Waals surface area contributed by atoms with E-state index in [1.54, 1.807) is 0 Å². The summed E-state index contributed by atoms with van der Waals surface area (Å²) in [7, 11) is 0. The normalized spacial score (nSPS) is 23.0. The maximum atomic E-state index is 6.56. The average Bonchev–Trinajstić information content (AvgIpc) is 3.25. The third kappa shape index (κ3) is 2.31. The van der Waals surface area contributed by atoms with Gasteiger partial charge in [0.15, 0.2) is 6.29 Å². The van der Waals surface area contributed by atoms with Gasteiger partial charge in [0.25, 0.3) is 0 Å². The van der Waals surface area contributed by atoms with Crippen molar-refractivity contribution in [1.29, 1.82) is 0 Å².